The monoisotopic (exact) mass is 575 g/mol. The predicted octanol–water partition coefficient (Wildman–Crippen LogP) is 6.16. The van der Waals surface area contributed by atoms with Crippen LogP contribution >= 0.6 is 46.3 Å². The van der Waals surface area contributed by atoms with Crippen molar-refractivity contribution in [2.45, 2.75) is 75.8 Å². The summed E-state index contributed by atoms with van der Waals surface area (Å²) < 4.78 is 28.4. The molecule has 2 N–H and O–H groups in total. The normalized spacial score (nSPS) is 17.9. The third-order valence-electron chi connectivity index (χ3n) is 6.09. The zero-order valence-corrected chi connectivity index (χ0v) is 24.1. The molecule has 2 fully saturated rings. The van der Waals surface area contributed by atoms with Crippen molar-refractivity contribution >= 4 is 62.2 Å². The second kappa shape index (κ2) is 10.9. The van der Waals surface area contributed by atoms with E-state index in [0.717, 1.165) is 41.3 Å². The number of nitrogens with one attached hydrogen (secondary N) is 2. The molecule has 2 aliphatic rings. The molecule has 35 heavy (non-hydrogen) atoms. The summed E-state index contributed by atoms with van der Waals surface area (Å²) in [6.07, 6.45) is 6.71. The van der Waals surface area contributed by atoms with Gasteiger partial charge in [-0.25, -0.2) is 18.1 Å². The second-order valence-electron chi connectivity index (χ2n) is 10.3. The van der Waals surface area contributed by atoms with E-state index < -0.39 is 15.6 Å². The molecule has 2 heterocycles. The minimum atomic E-state index is -3.87. The fourth-order valence-corrected chi connectivity index (χ4v) is 8.41. The summed E-state index contributed by atoms with van der Waals surface area (Å²) in [7, 11) is -3.87. The number of nitrogens with zero attached hydrogens (tertiary/aromatic N) is 1. The van der Waals surface area contributed by atoms with Crippen LogP contribution in [0.25, 0.3) is 10.4 Å². The van der Waals surface area contributed by atoms with Gasteiger partial charge in [0, 0.05) is 28.6 Å². The van der Waals surface area contributed by atoms with E-state index in [-0.39, 0.29) is 26.9 Å². The van der Waals surface area contributed by atoms with Crippen molar-refractivity contribution in [1.29, 1.82) is 0 Å². The van der Waals surface area contributed by atoms with Crippen LogP contribution in [0.3, 0.4) is 0 Å². The topological polar surface area (TPSA) is 88.2 Å². The van der Waals surface area contributed by atoms with Crippen molar-refractivity contribution in [2.24, 2.45) is 5.92 Å². The van der Waals surface area contributed by atoms with Gasteiger partial charge >= 0.3 is 0 Å². The molecule has 11 heteroatoms. The molecule has 1 aliphatic heterocycles. The number of thiazole rings is 1. The molecule has 1 amide bonds. The highest BCUT2D eigenvalue weighted by molar-refractivity contribution is 8.00. The maximum absolute atomic E-state index is 12.9. The summed E-state index contributed by atoms with van der Waals surface area (Å²) in [4.78, 5) is 18.4. The van der Waals surface area contributed by atoms with Crippen molar-refractivity contribution in [3.8, 4) is 10.4 Å². The molecule has 1 aliphatic carbocycles. The minimum Gasteiger partial charge on any atom is -0.346 e. The Bertz CT molecular complexity index is 1200. The molecule has 0 unspecified atom stereocenters. The molecule has 2 aromatic rings. The van der Waals surface area contributed by atoms with Crippen LogP contribution in [0.15, 0.2) is 17.0 Å². The van der Waals surface area contributed by atoms with E-state index in [0.29, 0.717) is 16.5 Å². The molecule has 1 saturated heterocycles. The Labute approximate surface area is 226 Å². The Morgan fingerprint density at radius 3 is 2.40 bits per heavy atom. The van der Waals surface area contributed by atoms with Gasteiger partial charge in [0.1, 0.15) is 4.90 Å². The van der Waals surface area contributed by atoms with Gasteiger partial charge in [0.15, 0.2) is 5.01 Å². The van der Waals surface area contributed by atoms with Gasteiger partial charge in [-0.3, -0.25) is 4.79 Å². The zero-order chi connectivity index (χ0) is 25.4. The highest BCUT2D eigenvalue weighted by Gasteiger charge is 2.29. The maximum Gasteiger partial charge on any atom is 0.280 e. The van der Waals surface area contributed by atoms with E-state index in [2.05, 4.69) is 10.0 Å². The lowest BCUT2D eigenvalue weighted by Crippen LogP contribution is -2.43. The quantitative estimate of drug-likeness (QED) is 0.412. The standard InChI is InChI=1S/C24H31Cl2N3O3S3/c1-24(2,3)29-35(31,32)18-10-9-16(19(25)20(18)26)21-17(11-14-7-5-4-6-8-14)28-23(34-21)22(30)27-15-12-33-13-15/h9-10,14-15,29H,4-8,11-13H2,1-3H3,(H,27,30). The molecule has 1 saturated carbocycles. The number of amides is 1. The van der Waals surface area contributed by atoms with Gasteiger partial charge in [0.2, 0.25) is 10.0 Å². The molecule has 0 spiro atoms. The Morgan fingerprint density at radius 1 is 1.11 bits per heavy atom. The average molecular weight is 577 g/mol. The van der Waals surface area contributed by atoms with E-state index in [1.807, 2.05) is 0 Å². The molecular weight excluding hydrogens is 545 g/mol. The zero-order valence-electron chi connectivity index (χ0n) is 20.1. The Hall–Kier alpha value is -0.840. The van der Waals surface area contributed by atoms with E-state index >= 15 is 0 Å². The van der Waals surface area contributed by atoms with Crippen LogP contribution in [-0.2, 0) is 16.4 Å². The molecule has 1 aromatic carbocycles. The average Bonchev–Trinajstić information content (AvgIpc) is 3.15. The first-order valence-corrected chi connectivity index (χ1v) is 16.1. The number of carbonyl (C=O) groups is 1. The summed E-state index contributed by atoms with van der Waals surface area (Å²) in [5.41, 5.74) is 0.767. The Kier molecular flexibility index (Phi) is 8.45. The molecule has 192 valence electrons. The van der Waals surface area contributed by atoms with Crippen molar-refractivity contribution in [3.05, 3.63) is 32.9 Å². The molecule has 4 rings (SSSR count). The fraction of sp³-hybridized carbons (Fsp3) is 0.583. The lowest BCUT2D eigenvalue weighted by molar-refractivity contribution is 0.0942. The second-order valence-corrected chi connectivity index (χ2v) is 14.8. The van der Waals surface area contributed by atoms with Crippen LogP contribution in [0.2, 0.25) is 10.0 Å². The smallest absolute Gasteiger partial charge is 0.280 e. The SMILES string of the molecule is CC(C)(C)NS(=O)(=O)c1ccc(-c2sc(C(=O)NC3CSC3)nc2CC2CCCCC2)c(Cl)c1Cl. The number of rotatable bonds is 7. The first kappa shape index (κ1) is 27.2. The van der Waals surface area contributed by atoms with Gasteiger partial charge in [0.25, 0.3) is 5.91 Å². The molecule has 1 aromatic heterocycles. The van der Waals surface area contributed by atoms with Gasteiger partial charge in [0.05, 0.1) is 20.6 Å². The number of halogens is 2. The van der Waals surface area contributed by atoms with Crippen molar-refractivity contribution in [3.63, 3.8) is 0 Å². The molecule has 0 bridgehead atoms. The van der Waals surface area contributed by atoms with Crippen LogP contribution in [0.4, 0.5) is 0 Å². The Morgan fingerprint density at radius 2 is 1.80 bits per heavy atom. The van der Waals surface area contributed by atoms with E-state index in [4.69, 9.17) is 28.2 Å². The van der Waals surface area contributed by atoms with Crippen molar-refractivity contribution < 1.29 is 13.2 Å². The number of sulfonamides is 1. The van der Waals surface area contributed by atoms with Crippen molar-refractivity contribution in [1.82, 2.24) is 15.0 Å². The Balaban J connectivity index is 1.71. The van der Waals surface area contributed by atoms with E-state index in [1.165, 1.54) is 36.7 Å². The van der Waals surface area contributed by atoms with Crippen molar-refractivity contribution in [2.75, 3.05) is 11.5 Å². The van der Waals surface area contributed by atoms with Gasteiger partial charge in [-0.1, -0.05) is 61.4 Å². The van der Waals surface area contributed by atoms with E-state index in [9.17, 15) is 13.2 Å². The van der Waals surface area contributed by atoms with Gasteiger partial charge in [-0.2, -0.15) is 11.8 Å². The lowest BCUT2D eigenvalue weighted by Gasteiger charge is -2.25. The molecular formula is C24H31Cl2N3O3S3. The molecule has 0 atom stereocenters. The van der Waals surface area contributed by atoms with Gasteiger partial charge in [-0.15, -0.1) is 11.3 Å². The fourth-order valence-electron chi connectivity index (χ4n) is 4.40. The molecule has 0 radical (unpaired) electrons. The lowest BCUT2D eigenvalue weighted by atomic mass is 9.85. The highest BCUT2D eigenvalue weighted by Crippen LogP contribution is 2.43. The first-order chi connectivity index (χ1) is 16.4. The number of hydrogen-bond donors (Lipinski definition) is 2. The third kappa shape index (κ3) is 6.54. The van der Waals surface area contributed by atoms with Gasteiger partial charge in [-0.05, 0) is 39.2 Å². The van der Waals surface area contributed by atoms with Crippen LogP contribution in [-0.4, -0.2) is 42.4 Å². The molecule has 6 nitrogen and oxygen atoms in total. The van der Waals surface area contributed by atoms with Crippen LogP contribution in [0.5, 0.6) is 0 Å². The largest absolute Gasteiger partial charge is 0.346 e. The summed E-state index contributed by atoms with van der Waals surface area (Å²) in [6, 6.07) is 3.33. The number of carbonyl (C=O) groups excluding carboxylic acids is 1. The summed E-state index contributed by atoms with van der Waals surface area (Å²) in [6.45, 7) is 5.29. The minimum absolute atomic E-state index is 0.0320. The van der Waals surface area contributed by atoms with Crippen LogP contribution in [0.1, 0.15) is 68.4 Å². The third-order valence-corrected chi connectivity index (χ3v) is 11.3. The maximum atomic E-state index is 12.9. The highest BCUT2D eigenvalue weighted by atomic mass is 35.5. The number of thioether (sulfide) groups is 1. The summed E-state index contributed by atoms with van der Waals surface area (Å²) in [5, 5.41) is 3.57. The van der Waals surface area contributed by atoms with Crippen LogP contribution < -0.4 is 10.0 Å². The number of benzene rings is 1. The van der Waals surface area contributed by atoms with Crippen LogP contribution in [0, 0.1) is 5.92 Å². The first-order valence-electron chi connectivity index (χ1n) is 11.9. The number of hydrogen-bond acceptors (Lipinski definition) is 6. The summed E-state index contributed by atoms with van der Waals surface area (Å²) >= 11 is 16.3. The van der Waals surface area contributed by atoms with E-state index in [1.54, 1.807) is 38.6 Å². The summed E-state index contributed by atoms with van der Waals surface area (Å²) in [5.74, 6) is 2.17. The predicted molar refractivity (Wildman–Crippen MR) is 147 cm³/mol. The van der Waals surface area contributed by atoms with Gasteiger partial charge < -0.3 is 5.32 Å². The number of aromatic nitrogens is 1.